The van der Waals surface area contributed by atoms with Gasteiger partial charge in [-0.25, -0.2) is 0 Å². The second-order valence-corrected chi connectivity index (χ2v) is 15.0. The molecule has 0 bridgehead atoms. The van der Waals surface area contributed by atoms with Crippen LogP contribution >= 0.6 is 6.83 Å². The van der Waals surface area contributed by atoms with Crippen molar-refractivity contribution in [2.45, 2.75) is 5.66 Å². The van der Waals surface area contributed by atoms with E-state index in [1.165, 1.54) is 0 Å². The quantitative estimate of drug-likeness (QED) is 0.142. The van der Waals surface area contributed by atoms with Crippen molar-refractivity contribution in [3.8, 4) is 0 Å². The van der Waals surface area contributed by atoms with E-state index in [2.05, 4.69) is 0 Å². The molecular formula is C33H26ClO6P. The van der Waals surface area contributed by atoms with Gasteiger partial charge in [-0.2, -0.15) is 0 Å². The fraction of sp³-hybridized carbons (Fsp3) is 0.0303. The van der Waals surface area contributed by atoms with Gasteiger partial charge in [-0.05, 0) is 0 Å². The third-order valence-electron chi connectivity index (χ3n) is 7.14. The Morgan fingerprint density at radius 1 is 0.488 bits per heavy atom. The first kappa shape index (κ1) is 28.5. The van der Waals surface area contributed by atoms with E-state index in [1.54, 1.807) is 152 Å². The Hall–Kier alpha value is -4.00. The molecule has 0 unspecified atom stereocenters. The Morgan fingerprint density at radius 3 is 1.02 bits per heavy atom. The number of ketones is 2. The molecule has 5 aromatic carbocycles. The third kappa shape index (κ3) is 5.03. The summed E-state index contributed by atoms with van der Waals surface area (Å²) in [5.74, 6) is -1.35. The fourth-order valence-corrected chi connectivity index (χ4v) is 13.4. The molecule has 5 rings (SSSR count). The number of Topliss-reactive ketones (excluding diaryl/α,β-unsaturated/α-hetero) is 2. The zero-order valence-corrected chi connectivity index (χ0v) is 23.4. The first-order valence-corrected chi connectivity index (χ1v) is 16.2. The van der Waals surface area contributed by atoms with Crippen LogP contribution in [0.2, 0.25) is 0 Å². The minimum absolute atomic E-state index is 0.169. The summed E-state index contributed by atoms with van der Waals surface area (Å²) in [5, 5.41) is 0.712. The summed E-state index contributed by atoms with van der Waals surface area (Å²) in [6, 6.07) is 41.2. The van der Waals surface area contributed by atoms with Gasteiger partial charge in [0.25, 0.3) is 0 Å². The maximum atomic E-state index is 14.8. The number of hydrogen-bond acceptors (Lipinski definition) is 6. The molecule has 41 heavy (non-hydrogen) atoms. The minimum atomic E-state index is -5.39. The number of hydrogen-bond donors (Lipinski definition) is 0. The first-order chi connectivity index (χ1) is 19.8. The van der Waals surface area contributed by atoms with Gasteiger partial charge in [-0.3, -0.25) is 0 Å². The number of benzene rings is 5. The topological polar surface area (TPSA) is 113 Å². The van der Waals surface area contributed by atoms with Crippen molar-refractivity contribution in [1.29, 1.82) is 0 Å². The average Bonchev–Trinajstić information content (AvgIpc) is 3.02. The molecular weight excluding hydrogens is 559 g/mol. The molecule has 0 aliphatic heterocycles. The summed E-state index contributed by atoms with van der Waals surface area (Å²) < 4.78 is 45.0. The van der Waals surface area contributed by atoms with Gasteiger partial charge in [0.2, 0.25) is 0 Å². The summed E-state index contributed by atoms with van der Waals surface area (Å²) in [4.78, 5) is 29.7. The van der Waals surface area contributed by atoms with Crippen molar-refractivity contribution in [3.05, 3.63) is 163 Å². The van der Waals surface area contributed by atoms with E-state index in [-0.39, 0.29) is 27.0 Å². The molecule has 8 heteroatoms. The maximum absolute atomic E-state index is 14.8. The van der Waals surface area contributed by atoms with Crippen LogP contribution in [0.1, 0.15) is 20.7 Å². The van der Waals surface area contributed by atoms with Gasteiger partial charge >= 0.3 is 241 Å². The van der Waals surface area contributed by atoms with Crippen molar-refractivity contribution in [2.75, 3.05) is 0 Å². The van der Waals surface area contributed by atoms with Crippen LogP contribution < -0.4 is 29.9 Å². The molecule has 0 amide bonds. The molecule has 0 heterocycles. The third-order valence-corrected chi connectivity index (χ3v) is 14.4. The van der Waals surface area contributed by atoms with Crippen LogP contribution in [0.5, 0.6) is 0 Å². The molecule has 0 aliphatic rings. The van der Waals surface area contributed by atoms with Gasteiger partial charge in [0.1, 0.15) is 0 Å². The molecule has 0 spiro atoms. The summed E-state index contributed by atoms with van der Waals surface area (Å²) in [6.45, 7) is -5.39. The molecule has 0 fully saturated rings. The standard InChI is InChI=1S/C33H26ClO6P/c35-31(26-16-6-1-7-17-26)33(32(36)27-18-8-2-9-19-27)41(40-34(37,38)39,28-20-10-3-11-21-28,29-22-12-4-13-23-29)30-24-14-5-15-25-30/h1-25,33H. The summed E-state index contributed by atoms with van der Waals surface area (Å²) in [6.07, 6.45) is 0. The van der Waals surface area contributed by atoms with E-state index in [0.717, 1.165) is 0 Å². The summed E-state index contributed by atoms with van der Waals surface area (Å²) in [5.41, 5.74) is -1.45. The van der Waals surface area contributed by atoms with Crippen LogP contribution in [0.25, 0.3) is 0 Å². The zero-order chi connectivity index (χ0) is 29.0. The van der Waals surface area contributed by atoms with Gasteiger partial charge in [-0.1, -0.05) is 0 Å². The van der Waals surface area contributed by atoms with Crippen LogP contribution in [0, 0.1) is 10.2 Å². The Kier molecular flexibility index (Phi) is 7.98. The van der Waals surface area contributed by atoms with Gasteiger partial charge in [0, 0.05) is 0 Å². The molecule has 0 saturated heterocycles. The Balaban J connectivity index is 2.06. The Labute approximate surface area is 240 Å². The molecule has 0 N–H and O–H groups in total. The van der Waals surface area contributed by atoms with Gasteiger partial charge < -0.3 is 0 Å². The summed E-state index contributed by atoms with van der Waals surface area (Å²) >= 11 is 0. The number of rotatable bonds is 10. The van der Waals surface area contributed by atoms with E-state index >= 15 is 0 Å². The SMILES string of the molecule is O=C(c1ccccc1)C(C(=O)c1ccccc1)P(O[Cl+3]([O-])([O-])[O-])(c1ccccc1)(c1ccccc1)c1ccccc1. The first-order valence-electron chi connectivity index (χ1n) is 12.8. The molecule has 5 aromatic rings. The van der Waals surface area contributed by atoms with E-state index in [0.29, 0.717) is 0 Å². The van der Waals surface area contributed by atoms with Crippen molar-refractivity contribution in [3.63, 3.8) is 0 Å². The normalized spacial score (nSPS) is 12.8. The van der Waals surface area contributed by atoms with E-state index < -0.39 is 34.3 Å². The molecule has 0 saturated carbocycles. The molecule has 0 aliphatic carbocycles. The van der Waals surface area contributed by atoms with Crippen LogP contribution in [0.15, 0.2) is 152 Å². The van der Waals surface area contributed by atoms with Crippen LogP contribution in [0.3, 0.4) is 0 Å². The van der Waals surface area contributed by atoms with Gasteiger partial charge in [0.15, 0.2) is 0 Å². The second-order valence-electron chi connectivity index (χ2n) is 9.42. The monoisotopic (exact) mass is 584 g/mol. The van der Waals surface area contributed by atoms with Crippen LogP contribution in [-0.2, 0) is 4.08 Å². The van der Waals surface area contributed by atoms with E-state index in [1.807, 2.05) is 0 Å². The molecule has 206 valence electrons. The van der Waals surface area contributed by atoms with E-state index in [9.17, 15) is 23.6 Å². The molecule has 6 nitrogen and oxygen atoms in total. The van der Waals surface area contributed by atoms with E-state index in [4.69, 9.17) is 4.08 Å². The molecule has 0 atom stereocenters. The van der Waals surface area contributed by atoms with Gasteiger partial charge in [-0.15, -0.1) is 0 Å². The predicted molar refractivity (Wildman–Crippen MR) is 152 cm³/mol. The van der Waals surface area contributed by atoms with Gasteiger partial charge in [0.05, 0.1) is 0 Å². The average molecular weight is 585 g/mol. The summed E-state index contributed by atoms with van der Waals surface area (Å²) in [7, 11) is -5.20. The fourth-order valence-electron chi connectivity index (χ4n) is 5.49. The van der Waals surface area contributed by atoms with Crippen LogP contribution in [-0.4, -0.2) is 17.2 Å². The molecule has 0 radical (unpaired) electrons. The number of carbonyl (C=O) groups excluding carboxylic acids is 2. The molecule has 0 aromatic heterocycles. The predicted octanol–water partition coefficient (Wildman–Crippen LogP) is 2.48. The van der Waals surface area contributed by atoms with Crippen LogP contribution in [0.4, 0.5) is 0 Å². The van der Waals surface area contributed by atoms with Crippen molar-refractivity contribution in [2.24, 2.45) is 0 Å². The van der Waals surface area contributed by atoms with Crippen molar-refractivity contribution < 1.29 is 37.9 Å². The second kappa shape index (κ2) is 11.5. The Morgan fingerprint density at radius 2 is 0.756 bits per heavy atom. The van der Waals surface area contributed by atoms with Crippen molar-refractivity contribution >= 4 is 34.3 Å². The van der Waals surface area contributed by atoms with Crippen molar-refractivity contribution in [1.82, 2.24) is 0 Å². The Bertz CT molecular complexity index is 1480. The number of carbonyl (C=O) groups is 2. The zero-order valence-electron chi connectivity index (χ0n) is 21.8. The number of halogens is 1.